The highest BCUT2D eigenvalue weighted by Gasteiger charge is 2.05. The van der Waals surface area contributed by atoms with Gasteiger partial charge in [0.15, 0.2) is 0 Å². The summed E-state index contributed by atoms with van der Waals surface area (Å²) in [5, 5.41) is 13.3. The number of aromatic nitrogens is 2. The van der Waals surface area contributed by atoms with Crippen molar-refractivity contribution in [2.75, 3.05) is 17.7 Å². The van der Waals surface area contributed by atoms with Gasteiger partial charge in [0.25, 0.3) is 0 Å². The molecule has 3 aromatic rings. The number of urea groups is 1. The molecule has 0 aliphatic rings. The van der Waals surface area contributed by atoms with Crippen molar-refractivity contribution in [1.82, 2.24) is 10.2 Å². The smallest absolute Gasteiger partial charge is 0.326 e. The molecule has 0 aliphatic carbocycles. The zero-order chi connectivity index (χ0) is 16.1. The van der Waals surface area contributed by atoms with Crippen LogP contribution in [0, 0.1) is 0 Å². The molecule has 116 valence electrons. The van der Waals surface area contributed by atoms with E-state index in [9.17, 15) is 4.79 Å². The third-order valence-corrected chi connectivity index (χ3v) is 3.05. The Balaban J connectivity index is 1.65. The highest BCUT2D eigenvalue weighted by molar-refractivity contribution is 5.98. The van der Waals surface area contributed by atoms with Gasteiger partial charge in [0.2, 0.25) is 11.8 Å². The zero-order valence-electron chi connectivity index (χ0n) is 12.3. The van der Waals surface area contributed by atoms with Crippen molar-refractivity contribution in [3.8, 4) is 17.1 Å². The second kappa shape index (κ2) is 6.61. The fraction of sp³-hybridized carbons (Fsp3) is 0.0625. The molecule has 7 nitrogen and oxygen atoms in total. The molecular formula is C16H14N4O3. The van der Waals surface area contributed by atoms with Crippen LogP contribution in [0.1, 0.15) is 0 Å². The molecule has 23 heavy (non-hydrogen) atoms. The molecule has 0 saturated heterocycles. The maximum atomic E-state index is 11.8. The molecular weight excluding hydrogens is 296 g/mol. The molecule has 0 unspecified atom stereocenters. The molecule has 0 radical (unpaired) electrons. The number of amides is 2. The number of anilines is 2. The van der Waals surface area contributed by atoms with Crippen LogP contribution in [0.3, 0.4) is 0 Å². The van der Waals surface area contributed by atoms with Crippen molar-refractivity contribution in [3.05, 3.63) is 54.8 Å². The van der Waals surface area contributed by atoms with Crippen molar-refractivity contribution < 1.29 is 13.9 Å². The van der Waals surface area contributed by atoms with Crippen LogP contribution < -0.4 is 15.4 Å². The first-order valence-electron chi connectivity index (χ1n) is 6.84. The van der Waals surface area contributed by atoms with Gasteiger partial charge in [-0.2, -0.15) is 0 Å². The summed E-state index contributed by atoms with van der Waals surface area (Å²) in [6.45, 7) is 0. The fourth-order valence-corrected chi connectivity index (χ4v) is 1.93. The van der Waals surface area contributed by atoms with Crippen molar-refractivity contribution in [2.45, 2.75) is 0 Å². The Bertz CT molecular complexity index is 768. The van der Waals surface area contributed by atoms with Gasteiger partial charge in [0.05, 0.1) is 19.1 Å². The Kier molecular flexibility index (Phi) is 4.19. The molecule has 0 spiro atoms. The average Bonchev–Trinajstić information content (AvgIpc) is 3.08. The van der Waals surface area contributed by atoms with E-state index in [2.05, 4.69) is 20.8 Å². The molecule has 7 heteroatoms. The van der Waals surface area contributed by atoms with E-state index in [4.69, 9.17) is 9.15 Å². The monoisotopic (exact) mass is 310 g/mol. The van der Waals surface area contributed by atoms with E-state index in [1.807, 2.05) is 18.2 Å². The van der Waals surface area contributed by atoms with Crippen molar-refractivity contribution in [2.24, 2.45) is 0 Å². The summed E-state index contributed by atoms with van der Waals surface area (Å²) in [5.41, 5.74) is 2.26. The number of methoxy groups -OCH3 is 1. The minimum absolute atomic E-state index is 0.378. The van der Waals surface area contributed by atoms with Crippen molar-refractivity contribution >= 4 is 17.6 Å². The SMILES string of the molecule is COc1ccc(-c2ccc(NC(=O)Nc3ccco3)cc2)nn1. The third kappa shape index (κ3) is 3.65. The van der Waals surface area contributed by atoms with Gasteiger partial charge in [-0.05, 0) is 24.3 Å². The molecule has 0 saturated carbocycles. The number of hydrogen-bond acceptors (Lipinski definition) is 5. The molecule has 2 heterocycles. The maximum Gasteiger partial charge on any atom is 0.326 e. The van der Waals surface area contributed by atoms with Gasteiger partial charge in [-0.1, -0.05) is 12.1 Å². The Morgan fingerprint density at radius 2 is 1.87 bits per heavy atom. The van der Waals surface area contributed by atoms with Crippen LogP contribution in [0.15, 0.2) is 59.2 Å². The molecule has 2 aromatic heterocycles. The number of ether oxygens (including phenoxy) is 1. The Hall–Kier alpha value is -3.35. The van der Waals surface area contributed by atoms with Crippen molar-refractivity contribution in [1.29, 1.82) is 0 Å². The number of hydrogen-bond donors (Lipinski definition) is 2. The first-order chi connectivity index (χ1) is 11.2. The summed E-state index contributed by atoms with van der Waals surface area (Å²) in [6.07, 6.45) is 1.49. The van der Waals surface area contributed by atoms with Crippen LogP contribution in [0.5, 0.6) is 5.88 Å². The maximum absolute atomic E-state index is 11.8. The molecule has 1 aromatic carbocycles. The van der Waals surface area contributed by atoms with E-state index in [-0.39, 0.29) is 6.03 Å². The standard InChI is InChI=1S/C16H14N4O3/c1-22-15-9-8-13(19-20-15)11-4-6-12(7-5-11)17-16(21)18-14-3-2-10-23-14/h2-10H,1H3,(H2,17,18,21). The lowest BCUT2D eigenvalue weighted by atomic mass is 10.1. The lowest BCUT2D eigenvalue weighted by Gasteiger charge is -2.06. The first-order valence-corrected chi connectivity index (χ1v) is 6.84. The highest BCUT2D eigenvalue weighted by atomic mass is 16.5. The van der Waals surface area contributed by atoms with Crippen LogP contribution in [-0.4, -0.2) is 23.3 Å². The van der Waals surface area contributed by atoms with Gasteiger partial charge in [0.1, 0.15) is 0 Å². The quantitative estimate of drug-likeness (QED) is 0.771. The minimum Gasteiger partial charge on any atom is -0.480 e. The fourth-order valence-electron chi connectivity index (χ4n) is 1.93. The molecule has 2 N–H and O–H groups in total. The lowest BCUT2D eigenvalue weighted by molar-refractivity contribution is 0.261. The van der Waals surface area contributed by atoms with Crippen LogP contribution in [0.2, 0.25) is 0 Å². The number of carbonyl (C=O) groups excluding carboxylic acids is 1. The second-order valence-electron chi connectivity index (χ2n) is 4.59. The summed E-state index contributed by atoms with van der Waals surface area (Å²) < 4.78 is 10.0. The Morgan fingerprint density at radius 3 is 2.48 bits per heavy atom. The summed E-state index contributed by atoms with van der Waals surface area (Å²) in [7, 11) is 1.54. The topological polar surface area (TPSA) is 89.3 Å². The van der Waals surface area contributed by atoms with E-state index < -0.39 is 0 Å². The first kappa shape index (κ1) is 14.6. The van der Waals surface area contributed by atoms with Crippen LogP contribution in [-0.2, 0) is 0 Å². The van der Waals surface area contributed by atoms with E-state index in [1.165, 1.54) is 13.4 Å². The predicted molar refractivity (Wildman–Crippen MR) is 85.4 cm³/mol. The van der Waals surface area contributed by atoms with Crippen molar-refractivity contribution in [3.63, 3.8) is 0 Å². The largest absolute Gasteiger partial charge is 0.480 e. The Morgan fingerprint density at radius 1 is 1.04 bits per heavy atom. The minimum atomic E-state index is -0.378. The van der Waals surface area contributed by atoms with Crippen LogP contribution in [0.4, 0.5) is 16.4 Å². The average molecular weight is 310 g/mol. The normalized spacial score (nSPS) is 10.1. The van der Waals surface area contributed by atoms with Crippen LogP contribution in [0.25, 0.3) is 11.3 Å². The number of rotatable bonds is 4. The van der Waals surface area contributed by atoms with Gasteiger partial charge < -0.3 is 14.5 Å². The highest BCUT2D eigenvalue weighted by Crippen LogP contribution is 2.20. The summed E-state index contributed by atoms with van der Waals surface area (Å²) in [4.78, 5) is 11.8. The van der Waals surface area contributed by atoms with E-state index in [1.54, 1.807) is 30.3 Å². The van der Waals surface area contributed by atoms with Gasteiger partial charge in [0, 0.05) is 23.4 Å². The van der Waals surface area contributed by atoms with E-state index in [0.717, 1.165) is 11.3 Å². The number of furan rings is 1. The van der Waals surface area contributed by atoms with Gasteiger partial charge in [-0.15, -0.1) is 10.2 Å². The van der Waals surface area contributed by atoms with Gasteiger partial charge in [-0.25, -0.2) is 4.79 Å². The Labute approximate surface area is 132 Å². The molecule has 2 amide bonds. The molecule has 0 fully saturated rings. The zero-order valence-corrected chi connectivity index (χ0v) is 12.3. The summed E-state index contributed by atoms with van der Waals surface area (Å²) in [6, 6.07) is 13.8. The number of carbonyl (C=O) groups is 1. The third-order valence-electron chi connectivity index (χ3n) is 3.05. The van der Waals surface area contributed by atoms with E-state index >= 15 is 0 Å². The molecule has 0 atom stereocenters. The lowest BCUT2D eigenvalue weighted by Crippen LogP contribution is -2.18. The number of nitrogens with one attached hydrogen (secondary N) is 2. The number of benzene rings is 1. The molecule has 0 aliphatic heterocycles. The summed E-state index contributed by atoms with van der Waals surface area (Å²) >= 11 is 0. The van der Waals surface area contributed by atoms with Crippen LogP contribution >= 0.6 is 0 Å². The molecule has 3 rings (SSSR count). The van der Waals surface area contributed by atoms with Gasteiger partial charge >= 0.3 is 6.03 Å². The summed E-state index contributed by atoms with van der Waals surface area (Å²) in [5.74, 6) is 0.842. The number of nitrogens with zero attached hydrogens (tertiary/aromatic N) is 2. The second-order valence-corrected chi connectivity index (χ2v) is 4.59. The molecule has 0 bridgehead atoms. The van der Waals surface area contributed by atoms with Gasteiger partial charge in [-0.3, -0.25) is 5.32 Å². The van der Waals surface area contributed by atoms with E-state index in [0.29, 0.717) is 17.5 Å². The predicted octanol–water partition coefficient (Wildman–Crippen LogP) is 3.39.